The van der Waals surface area contributed by atoms with Gasteiger partial charge in [-0.1, -0.05) is 6.07 Å². The van der Waals surface area contributed by atoms with Crippen molar-refractivity contribution in [3.63, 3.8) is 0 Å². The van der Waals surface area contributed by atoms with Gasteiger partial charge in [-0.2, -0.15) is 0 Å². The number of carbonyl (C=O) groups excluding carboxylic acids is 1. The molecule has 0 saturated carbocycles. The van der Waals surface area contributed by atoms with E-state index in [1.54, 1.807) is 6.08 Å². The largest absolute Gasteiger partial charge is 0.486 e. The van der Waals surface area contributed by atoms with Crippen LogP contribution in [0.2, 0.25) is 0 Å². The highest BCUT2D eigenvalue weighted by Gasteiger charge is 2.25. The lowest BCUT2D eigenvalue weighted by atomic mass is 9.99. The van der Waals surface area contributed by atoms with E-state index in [4.69, 9.17) is 15.2 Å². The van der Waals surface area contributed by atoms with Gasteiger partial charge in [0.05, 0.1) is 0 Å². The van der Waals surface area contributed by atoms with Gasteiger partial charge in [-0.25, -0.2) is 0 Å². The Hall–Kier alpha value is -2.01. The van der Waals surface area contributed by atoms with Gasteiger partial charge in [0.2, 0.25) is 5.91 Å². The summed E-state index contributed by atoms with van der Waals surface area (Å²) in [6, 6.07) is 6.10. The van der Waals surface area contributed by atoms with Gasteiger partial charge in [-0.15, -0.1) is 0 Å². The van der Waals surface area contributed by atoms with E-state index in [0.29, 0.717) is 13.2 Å². The Morgan fingerprint density at radius 1 is 1.32 bits per heavy atom. The van der Waals surface area contributed by atoms with E-state index >= 15 is 0 Å². The average Bonchev–Trinajstić information content (AvgIpc) is 2.52. The van der Waals surface area contributed by atoms with E-state index in [2.05, 4.69) is 6.92 Å². The normalized spacial score (nSPS) is 24.5. The number of carbonyl (C=O) groups is 1. The van der Waals surface area contributed by atoms with Gasteiger partial charge in [0.1, 0.15) is 13.2 Å². The lowest BCUT2D eigenvalue weighted by Crippen LogP contribution is -2.47. The number of likely N-dealkylation sites (tertiary alicyclic amines) is 1. The smallest absolute Gasteiger partial charge is 0.246 e. The van der Waals surface area contributed by atoms with Crippen LogP contribution >= 0.6 is 0 Å². The molecule has 22 heavy (non-hydrogen) atoms. The number of hydrogen-bond donors (Lipinski definition) is 1. The highest BCUT2D eigenvalue weighted by Crippen LogP contribution is 2.31. The molecule has 0 bridgehead atoms. The van der Waals surface area contributed by atoms with Crippen LogP contribution in [0.15, 0.2) is 24.3 Å². The SMILES string of the molecule is CC1CC(N)CCN1C(=O)/C=C/c1ccc2c(c1)OCCO2. The molecule has 2 heterocycles. The Morgan fingerprint density at radius 2 is 2.09 bits per heavy atom. The molecule has 1 aromatic rings. The van der Waals surface area contributed by atoms with E-state index in [1.165, 1.54) is 0 Å². The van der Waals surface area contributed by atoms with Gasteiger partial charge in [-0.05, 0) is 43.5 Å². The number of fused-ring (bicyclic) bond motifs is 1. The van der Waals surface area contributed by atoms with Gasteiger partial charge in [0.15, 0.2) is 11.5 Å². The quantitative estimate of drug-likeness (QED) is 0.846. The third-order valence-electron chi connectivity index (χ3n) is 4.18. The van der Waals surface area contributed by atoms with Crippen molar-refractivity contribution < 1.29 is 14.3 Å². The molecule has 5 heteroatoms. The minimum atomic E-state index is 0.0364. The number of nitrogens with zero attached hydrogens (tertiary/aromatic N) is 1. The Kier molecular flexibility index (Phi) is 4.34. The lowest BCUT2D eigenvalue weighted by molar-refractivity contribution is -0.129. The average molecular weight is 302 g/mol. The first kappa shape index (κ1) is 14.9. The summed E-state index contributed by atoms with van der Waals surface area (Å²) in [6.07, 6.45) is 5.18. The summed E-state index contributed by atoms with van der Waals surface area (Å²) in [5.41, 5.74) is 6.87. The van der Waals surface area contributed by atoms with Crippen molar-refractivity contribution in [3.8, 4) is 11.5 Å². The molecule has 1 amide bonds. The molecule has 1 fully saturated rings. The molecular weight excluding hydrogens is 280 g/mol. The predicted molar refractivity (Wildman–Crippen MR) is 84.9 cm³/mol. The fraction of sp³-hybridized carbons (Fsp3) is 0.471. The van der Waals surface area contributed by atoms with Crippen LogP contribution in [0.4, 0.5) is 0 Å². The summed E-state index contributed by atoms with van der Waals surface area (Å²) in [5, 5.41) is 0. The number of benzene rings is 1. The first-order valence-corrected chi connectivity index (χ1v) is 7.77. The van der Waals surface area contributed by atoms with Gasteiger partial charge in [0, 0.05) is 24.7 Å². The predicted octanol–water partition coefficient (Wildman–Crippen LogP) is 1.81. The van der Waals surface area contributed by atoms with Crippen LogP contribution in [-0.4, -0.2) is 42.6 Å². The summed E-state index contributed by atoms with van der Waals surface area (Å²) in [5.74, 6) is 1.53. The molecule has 1 saturated heterocycles. The van der Waals surface area contributed by atoms with Crippen LogP contribution in [0.25, 0.3) is 6.08 Å². The maximum absolute atomic E-state index is 12.3. The molecule has 0 aliphatic carbocycles. The fourth-order valence-electron chi connectivity index (χ4n) is 2.96. The standard InChI is InChI=1S/C17H22N2O3/c1-12-10-14(18)6-7-19(12)17(20)5-3-13-2-4-15-16(11-13)22-9-8-21-15/h2-5,11-12,14H,6-10,18H2,1H3/b5-3+. The van der Waals surface area contributed by atoms with Gasteiger partial charge in [-0.3, -0.25) is 4.79 Å². The van der Waals surface area contributed by atoms with E-state index in [9.17, 15) is 4.79 Å². The third-order valence-corrected chi connectivity index (χ3v) is 4.18. The molecule has 2 unspecified atom stereocenters. The number of nitrogens with two attached hydrogens (primary N) is 1. The summed E-state index contributed by atoms with van der Waals surface area (Å²) in [6.45, 7) is 3.92. The first-order valence-electron chi connectivity index (χ1n) is 7.77. The number of amides is 1. The highest BCUT2D eigenvalue weighted by atomic mass is 16.6. The van der Waals surface area contributed by atoms with Crippen molar-refractivity contribution in [2.24, 2.45) is 5.73 Å². The van der Waals surface area contributed by atoms with Gasteiger partial charge in [0.25, 0.3) is 0 Å². The summed E-state index contributed by atoms with van der Waals surface area (Å²) in [4.78, 5) is 14.2. The van der Waals surface area contributed by atoms with Crippen LogP contribution in [0.5, 0.6) is 11.5 Å². The number of rotatable bonds is 2. The minimum Gasteiger partial charge on any atom is -0.486 e. The van der Waals surface area contributed by atoms with Crippen molar-refractivity contribution in [2.75, 3.05) is 19.8 Å². The Labute approximate surface area is 130 Å². The lowest BCUT2D eigenvalue weighted by Gasteiger charge is -2.35. The highest BCUT2D eigenvalue weighted by molar-refractivity contribution is 5.92. The van der Waals surface area contributed by atoms with Crippen molar-refractivity contribution in [1.29, 1.82) is 0 Å². The van der Waals surface area contributed by atoms with Crippen LogP contribution in [-0.2, 0) is 4.79 Å². The van der Waals surface area contributed by atoms with E-state index in [0.717, 1.165) is 36.4 Å². The Morgan fingerprint density at radius 3 is 2.86 bits per heavy atom. The molecule has 118 valence electrons. The zero-order chi connectivity index (χ0) is 15.5. The first-order chi connectivity index (χ1) is 10.6. The van der Waals surface area contributed by atoms with Crippen LogP contribution < -0.4 is 15.2 Å². The van der Waals surface area contributed by atoms with Gasteiger partial charge < -0.3 is 20.1 Å². The molecule has 2 aliphatic heterocycles. The second-order valence-electron chi connectivity index (χ2n) is 5.90. The van der Waals surface area contributed by atoms with E-state index in [1.807, 2.05) is 29.2 Å². The molecular formula is C17H22N2O3. The van der Waals surface area contributed by atoms with Crippen LogP contribution in [0.3, 0.4) is 0 Å². The van der Waals surface area contributed by atoms with Gasteiger partial charge >= 0.3 is 0 Å². The van der Waals surface area contributed by atoms with Crippen molar-refractivity contribution in [1.82, 2.24) is 4.90 Å². The summed E-state index contributed by atoms with van der Waals surface area (Å²) < 4.78 is 11.0. The monoisotopic (exact) mass is 302 g/mol. The summed E-state index contributed by atoms with van der Waals surface area (Å²) >= 11 is 0. The Bertz CT molecular complexity index is 585. The molecule has 0 radical (unpaired) electrons. The second kappa shape index (κ2) is 6.40. The maximum Gasteiger partial charge on any atom is 0.246 e. The molecule has 5 nitrogen and oxygen atoms in total. The fourth-order valence-corrected chi connectivity index (χ4v) is 2.96. The minimum absolute atomic E-state index is 0.0364. The summed E-state index contributed by atoms with van der Waals surface area (Å²) in [7, 11) is 0. The second-order valence-corrected chi connectivity index (χ2v) is 5.90. The zero-order valence-electron chi connectivity index (χ0n) is 12.8. The van der Waals surface area contributed by atoms with Crippen molar-refractivity contribution in [3.05, 3.63) is 29.8 Å². The Balaban J connectivity index is 1.67. The molecule has 2 atom stereocenters. The van der Waals surface area contributed by atoms with Crippen LogP contribution in [0, 0.1) is 0 Å². The van der Waals surface area contributed by atoms with Crippen LogP contribution in [0.1, 0.15) is 25.3 Å². The maximum atomic E-state index is 12.3. The van der Waals surface area contributed by atoms with E-state index < -0.39 is 0 Å². The third kappa shape index (κ3) is 3.25. The van der Waals surface area contributed by atoms with E-state index in [-0.39, 0.29) is 18.0 Å². The molecule has 2 aliphatic rings. The molecule has 3 rings (SSSR count). The number of piperidine rings is 1. The number of hydrogen-bond acceptors (Lipinski definition) is 4. The molecule has 2 N–H and O–H groups in total. The van der Waals surface area contributed by atoms with Crippen molar-refractivity contribution >= 4 is 12.0 Å². The molecule has 0 spiro atoms. The zero-order valence-corrected chi connectivity index (χ0v) is 12.8. The number of ether oxygens (including phenoxy) is 2. The van der Waals surface area contributed by atoms with Crippen molar-refractivity contribution in [2.45, 2.75) is 31.8 Å². The molecule has 0 aromatic heterocycles. The molecule has 1 aromatic carbocycles. The topological polar surface area (TPSA) is 64.8 Å².